The van der Waals surface area contributed by atoms with Gasteiger partial charge in [-0.2, -0.15) is 0 Å². The lowest BCUT2D eigenvalue weighted by atomic mass is 9.99. The number of nitrogens with one attached hydrogen (secondary N) is 1. The van der Waals surface area contributed by atoms with Gasteiger partial charge >= 0.3 is 5.97 Å². The largest absolute Gasteiger partial charge is 0.496 e. The number of amides is 1. The predicted molar refractivity (Wildman–Crippen MR) is 97.9 cm³/mol. The Hall–Kier alpha value is -3.02. The van der Waals surface area contributed by atoms with Crippen LogP contribution in [0.25, 0.3) is 0 Å². The predicted octanol–water partition coefficient (Wildman–Crippen LogP) is 2.69. The lowest BCUT2D eigenvalue weighted by Crippen LogP contribution is -2.34. The van der Waals surface area contributed by atoms with Crippen LogP contribution in [-0.4, -0.2) is 37.7 Å². The van der Waals surface area contributed by atoms with Crippen LogP contribution in [0.2, 0.25) is 0 Å². The van der Waals surface area contributed by atoms with Gasteiger partial charge in [0.1, 0.15) is 11.5 Å². The first kappa shape index (κ1) is 19.3. The molecule has 138 valence electrons. The second kappa shape index (κ2) is 8.89. The maximum Gasteiger partial charge on any atom is 0.308 e. The summed E-state index contributed by atoms with van der Waals surface area (Å²) in [4.78, 5) is 24.0. The van der Waals surface area contributed by atoms with Gasteiger partial charge in [-0.25, -0.2) is 0 Å². The summed E-state index contributed by atoms with van der Waals surface area (Å²) in [7, 11) is 3.04. The van der Waals surface area contributed by atoms with Crippen molar-refractivity contribution in [1.29, 1.82) is 0 Å². The average molecular weight is 357 g/mol. The standard InChI is InChI=1S/C20H23NO5/c1-13-17(25-2)10-15(11-18(13)26-3)19(22)21-12-16(20(23)24)9-14-7-5-4-6-8-14/h4-8,10-11,16H,9,12H2,1-3H3,(H,21,22)(H,23,24). The zero-order valence-corrected chi connectivity index (χ0v) is 15.1. The molecular weight excluding hydrogens is 334 g/mol. The highest BCUT2D eigenvalue weighted by Crippen LogP contribution is 2.29. The molecule has 2 aromatic carbocycles. The minimum absolute atomic E-state index is 0.0293. The third-order valence-electron chi connectivity index (χ3n) is 4.20. The first-order chi connectivity index (χ1) is 12.5. The first-order valence-electron chi connectivity index (χ1n) is 8.23. The van der Waals surface area contributed by atoms with E-state index in [-0.39, 0.29) is 12.5 Å². The zero-order valence-electron chi connectivity index (χ0n) is 15.1. The number of hydrogen-bond donors (Lipinski definition) is 2. The van der Waals surface area contributed by atoms with E-state index in [1.165, 1.54) is 14.2 Å². The van der Waals surface area contributed by atoms with Gasteiger partial charge in [-0.1, -0.05) is 30.3 Å². The molecule has 0 fully saturated rings. The van der Waals surface area contributed by atoms with E-state index in [1.54, 1.807) is 12.1 Å². The van der Waals surface area contributed by atoms with Crippen molar-refractivity contribution in [3.63, 3.8) is 0 Å². The number of benzene rings is 2. The second-order valence-electron chi connectivity index (χ2n) is 5.94. The minimum Gasteiger partial charge on any atom is -0.496 e. The summed E-state index contributed by atoms with van der Waals surface area (Å²) < 4.78 is 10.5. The zero-order chi connectivity index (χ0) is 19.1. The van der Waals surface area contributed by atoms with Crippen LogP contribution in [0, 0.1) is 12.8 Å². The van der Waals surface area contributed by atoms with Crippen LogP contribution >= 0.6 is 0 Å². The number of carboxylic acids is 1. The molecule has 0 radical (unpaired) electrons. The molecule has 26 heavy (non-hydrogen) atoms. The van der Waals surface area contributed by atoms with Crippen LogP contribution in [0.5, 0.6) is 11.5 Å². The van der Waals surface area contributed by atoms with E-state index in [0.717, 1.165) is 11.1 Å². The lowest BCUT2D eigenvalue weighted by Gasteiger charge is -2.15. The third kappa shape index (κ3) is 4.75. The van der Waals surface area contributed by atoms with Crippen molar-refractivity contribution in [3.05, 3.63) is 59.2 Å². The smallest absolute Gasteiger partial charge is 0.308 e. The summed E-state index contributed by atoms with van der Waals surface area (Å²) in [5.41, 5.74) is 2.06. The van der Waals surface area contributed by atoms with Gasteiger partial charge < -0.3 is 19.9 Å². The van der Waals surface area contributed by atoms with E-state index < -0.39 is 11.9 Å². The molecule has 0 saturated carbocycles. The van der Waals surface area contributed by atoms with Crippen molar-refractivity contribution < 1.29 is 24.2 Å². The number of carboxylic acid groups (broad SMARTS) is 1. The molecule has 2 aromatic rings. The molecule has 0 saturated heterocycles. The number of hydrogen-bond acceptors (Lipinski definition) is 4. The molecule has 1 unspecified atom stereocenters. The molecular formula is C20H23NO5. The Morgan fingerprint density at radius 3 is 2.15 bits per heavy atom. The first-order valence-corrected chi connectivity index (χ1v) is 8.23. The fraction of sp³-hybridized carbons (Fsp3) is 0.300. The maximum atomic E-state index is 12.5. The van der Waals surface area contributed by atoms with Gasteiger partial charge in [0.05, 0.1) is 20.1 Å². The molecule has 6 nitrogen and oxygen atoms in total. The molecule has 6 heteroatoms. The fourth-order valence-electron chi connectivity index (χ4n) is 2.68. The number of aliphatic carboxylic acids is 1. The Kier molecular flexibility index (Phi) is 6.60. The number of carbonyl (C=O) groups is 2. The number of carbonyl (C=O) groups excluding carboxylic acids is 1. The van der Waals surface area contributed by atoms with E-state index >= 15 is 0 Å². The van der Waals surface area contributed by atoms with E-state index in [0.29, 0.717) is 23.5 Å². The number of rotatable bonds is 8. The molecule has 1 amide bonds. The molecule has 0 aromatic heterocycles. The fourth-order valence-corrected chi connectivity index (χ4v) is 2.68. The van der Waals surface area contributed by atoms with Crippen LogP contribution in [0.4, 0.5) is 0 Å². The average Bonchev–Trinajstić information content (AvgIpc) is 2.65. The topological polar surface area (TPSA) is 84.9 Å². The van der Waals surface area contributed by atoms with Crippen LogP contribution in [-0.2, 0) is 11.2 Å². The summed E-state index contributed by atoms with van der Waals surface area (Å²) >= 11 is 0. The summed E-state index contributed by atoms with van der Waals surface area (Å²) in [5, 5.41) is 12.1. The van der Waals surface area contributed by atoms with Crippen molar-refractivity contribution in [3.8, 4) is 11.5 Å². The van der Waals surface area contributed by atoms with Crippen LogP contribution in [0.15, 0.2) is 42.5 Å². The van der Waals surface area contributed by atoms with Crippen LogP contribution in [0.1, 0.15) is 21.5 Å². The monoisotopic (exact) mass is 357 g/mol. The molecule has 2 rings (SSSR count). The Bertz CT molecular complexity index is 748. The third-order valence-corrected chi connectivity index (χ3v) is 4.20. The van der Waals surface area contributed by atoms with Gasteiger partial charge in [0.2, 0.25) is 0 Å². The number of ether oxygens (including phenoxy) is 2. The highest BCUT2D eigenvalue weighted by molar-refractivity contribution is 5.95. The summed E-state index contributed by atoms with van der Waals surface area (Å²) in [6, 6.07) is 12.6. The molecule has 0 aliphatic carbocycles. The Balaban J connectivity index is 2.09. The molecule has 1 atom stereocenters. The molecule has 0 aliphatic heterocycles. The summed E-state index contributed by atoms with van der Waals surface area (Å²) in [6.07, 6.45) is 0.344. The van der Waals surface area contributed by atoms with Crippen molar-refractivity contribution >= 4 is 11.9 Å². The van der Waals surface area contributed by atoms with Crippen LogP contribution < -0.4 is 14.8 Å². The van der Waals surface area contributed by atoms with E-state index in [4.69, 9.17) is 9.47 Å². The quantitative estimate of drug-likeness (QED) is 0.759. The summed E-state index contributed by atoms with van der Waals surface area (Å²) in [5.74, 6) is -0.966. The normalized spacial score (nSPS) is 11.5. The molecule has 0 bridgehead atoms. The molecule has 0 spiro atoms. The van der Waals surface area contributed by atoms with Crippen molar-refractivity contribution in [2.45, 2.75) is 13.3 Å². The van der Waals surface area contributed by atoms with Gasteiger partial charge in [-0.3, -0.25) is 9.59 Å². The van der Waals surface area contributed by atoms with Gasteiger partial charge in [-0.15, -0.1) is 0 Å². The Morgan fingerprint density at radius 2 is 1.65 bits per heavy atom. The van der Waals surface area contributed by atoms with Gasteiger partial charge in [0.25, 0.3) is 5.91 Å². The molecule has 0 aliphatic rings. The van der Waals surface area contributed by atoms with Gasteiger partial charge in [-0.05, 0) is 31.0 Å². The molecule has 2 N–H and O–H groups in total. The van der Waals surface area contributed by atoms with Crippen molar-refractivity contribution in [2.24, 2.45) is 5.92 Å². The van der Waals surface area contributed by atoms with E-state index in [9.17, 15) is 14.7 Å². The van der Waals surface area contributed by atoms with E-state index in [1.807, 2.05) is 37.3 Å². The van der Waals surface area contributed by atoms with Crippen molar-refractivity contribution in [1.82, 2.24) is 5.32 Å². The Morgan fingerprint density at radius 1 is 1.08 bits per heavy atom. The SMILES string of the molecule is COc1cc(C(=O)NCC(Cc2ccccc2)C(=O)O)cc(OC)c1C. The van der Waals surface area contributed by atoms with Crippen LogP contribution in [0.3, 0.4) is 0 Å². The highest BCUT2D eigenvalue weighted by Gasteiger charge is 2.20. The van der Waals surface area contributed by atoms with E-state index in [2.05, 4.69) is 5.32 Å². The van der Waals surface area contributed by atoms with Crippen molar-refractivity contribution in [2.75, 3.05) is 20.8 Å². The molecule has 0 heterocycles. The minimum atomic E-state index is -0.951. The van der Waals surface area contributed by atoms with Gasteiger partial charge in [0, 0.05) is 17.7 Å². The Labute approximate surface area is 152 Å². The number of methoxy groups -OCH3 is 2. The highest BCUT2D eigenvalue weighted by atomic mass is 16.5. The summed E-state index contributed by atoms with van der Waals surface area (Å²) in [6.45, 7) is 1.86. The maximum absolute atomic E-state index is 12.5. The van der Waals surface area contributed by atoms with Gasteiger partial charge in [0.15, 0.2) is 0 Å². The lowest BCUT2D eigenvalue weighted by molar-refractivity contribution is -0.141. The second-order valence-corrected chi connectivity index (χ2v) is 5.94.